The van der Waals surface area contributed by atoms with E-state index in [1.165, 1.54) is 6.07 Å². The normalized spacial score (nSPS) is 23.4. The number of nitriles is 1. The lowest BCUT2D eigenvalue weighted by Gasteiger charge is -2.38. The highest BCUT2D eigenvalue weighted by atomic mass is 16.2. The average molecular weight is 296 g/mol. The molecule has 2 aliphatic rings. The molecule has 1 heterocycles. The van der Waals surface area contributed by atoms with E-state index in [1.807, 2.05) is 6.07 Å². The zero-order valence-electron chi connectivity index (χ0n) is 12.5. The minimum Gasteiger partial charge on any atom is -0.328 e. The van der Waals surface area contributed by atoms with Crippen LogP contribution in [0.3, 0.4) is 0 Å². The van der Waals surface area contributed by atoms with Crippen molar-refractivity contribution in [1.29, 1.82) is 5.26 Å². The number of hydrogen-bond acceptors (Lipinski definition) is 4. The van der Waals surface area contributed by atoms with Crippen molar-refractivity contribution in [2.75, 3.05) is 6.54 Å². The summed E-state index contributed by atoms with van der Waals surface area (Å²) in [6.07, 6.45) is 1.16. The van der Waals surface area contributed by atoms with Gasteiger partial charge in [-0.05, 0) is 38.0 Å². The second-order valence-electron chi connectivity index (χ2n) is 6.33. The predicted octanol–water partition coefficient (Wildman–Crippen LogP) is 2.01. The Bertz CT molecular complexity index is 743. The molecular weight excluding hydrogens is 280 g/mol. The lowest BCUT2D eigenvalue weighted by Crippen LogP contribution is -2.48. The molecule has 1 aliphatic heterocycles. The first-order valence-corrected chi connectivity index (χ1v) is 7.30. The fourth-order valence-electron chi connectivity index (χ4n) is 3.24. The van der Waals surface area contributed by atoms with Crippen molar-refractivity contribution in [1.82, 2.24) is 4.90 Å². The van der Waals surface area contributed by atoms with Crippen LogP contribution in [0.25, 0.3) is 0 Å². The summed E-state index contributed by atoms with van der Waals surface area (Å²) < 4.78 is 0. The van der Waals surface area contributed by atoms with Crippen molar-refractivity contribution in [3.8, 4) is 6.07 Å². The highest BCUT2D eigenvalue weighted by Crippen LogP contribution is 2.42. The Morgan fingerprint density at radius 1 is 1.27 bits per heavy atom. The summed E-state index contributed by atoms with van der Waals surface area (Å²) in [6, 6.07) is 6.04. The topological polar surface area (TPSA) is 78.2 Å². The summed E-state index contributed by atoms with van der Waals surface area (Å²) in [5, 5.41) is 9.03. The standard InChI is InChI=1S/C17H16N2O3/c1-17(2)15(21)12-8-10(9-18)5-6-11(12)14(16(17)22)19-7-3-4-13(19)20/h5-6,8,14H,3-4,7H2,1-2H3. The van der Waals surface area contributed by atoms with Gasteiger partial charge >= 0.3 is 0 Å². The van der Waals surface area contributed by atoms with Crippen molar-refractivity contribution in [2.45, 2.75) is 32.7 Å². The van der Waals surface area contributed by atoms with E-state index in [0.717, 1.165) is 6.42 Å². The molecule has 5 heteroatoms. The number of nitrogens with zero attached hydrogens (tertiary/aromatic N) is 2. The second-order valence-corrected chi connectivity index (χ2v) is 6.33. The third-order valence-electron chi connectivity index (χ3n) is 4.58. The number of ketones is 2. The molecule has 1 atom stereocenters. The highest BCUT2D eigenvalue weighted by molar-refractivity contribution is 6.20. The molecule has 112 valence electrons. The van der Waals surface area contributed by atoms with E-state index in [0.29, 0.717) is 29.7 Å². The van der Waals surface area contributed by atoms with Crippen molar-refractivity contribution < 1.29 is 14.4 Å². The summed E-state index contributed by atoms with van der Waals surface area (Å²) in [7, 11) is 0. The smallest absolute Gasteiger partial charge is 0.223 e. The Morgan fingerprint density at radius 2 is 2.00 bits per heavy atom. The summed E-state index contributed by atoms with van der Waals surface area (Å²) in [5.74, 6) is -0.587. The molecule has 22 heavy (non-hydrogen) atoms. The van der Waals surface area contributed by atoms with Gasteiger partial charge in [0.05, 0.1) is 17.0 Å². The molecule has 0 saturated carbocycles. The number of fused-ring (bicyclic) bond motifs is 1. The molecule has 0 radical (unpaired) electrons. The second kappa shape index (κ2) is 4.77. The molecule has 0 spiro atoms. The molecular formula is C17H16N2O3. The fourth-order valence-corrected chi connectivity index (χ4v) is 3.24. The molecule has 1 unspecified atom stereocenters. The molecule has 3 rings (SSSR count). The Kier molecular flexibility index (Phi) is 3.13. The molecule has 0 bridgehead atoms. The van der Waals surface area contributed by atoms with Crippen molar-refractivity contribution in [2.24, 2.45) is 5.41 Å². The number of carbonyl (C=O) groups is 3. The number of likely N-dealkylation sites (tertiary alicyclic amines) is 1. The van der Waals surface area contributed by atoms with Crippen LogP contribution >= 0.6 is 0 Å². The maximum atomic E-state index is 12.8. The molecule has 0 aromatic heterocycles. The lowest BCUT2D eigenvalue weighted by atomic mass is 9.69. The average Bonchev–Trinajstić information content (AvgIpc) is 2.92. The summed E-state index contributed by atoms with van der Waals surface area (Å²) in [5.41, 5.74) is 0.120. The maximum absolute atomic E-state index is 12.8. The van der Waals surface area contributed by atoms with E-state index >= 15 is 0 Å². The van der Waals surface area contributed by atoms with Crippen LogP contribution in [-0.2, 0) is 9.59 Å². The third kappa shape index (κ3) is 1.87. The van der Waals surface area contributed by atoms with Gasteiger partial charge in [-0.15, -0.1) is 0 Å². The van der Waals surface area contributed by atoms with E-state index in [1.54, 1.807) is 30.9 Å². The molecule has 5 nitrogen and oxygen atoms in total. The molecule has 0 N–H and O–H groups in total. The van der Waals surface area contributed by atoms with Gasteiger partial charge in [0.1, 0.15) is 6.04 Å². The Morgan fingerprint density at radius 3 is 2.59 bits per heavy atom. The number of hydrogen-bond donors (Lipinski definition) is 0. The maximum Gasteiger partial charge on any atom is 0.223 e. The van der Waals surface area contributed by atoms with Crippen LogP contribution in [0.15, 0.2) is 18.2 Å². The Hall–Kier alpha value is -2.48. The van der Waals surface area contributed by atoms with Gasteiger partial charge in [0.15, 0.2) is 11.6 Å². The van der Waals surface area contributed by atoms with Gasteiger partial charge in [-0.1, -0.05) is 6.07 Å². The van der Waals surface area contributed by atoms with Gasteiger partial charge < -0.3 is 4.90 Å². The highest BCUT2D eigenvalue weighted by Gasteiger charge is 2.50. The Labute approximate surface area is 128 Å². The number of carbonyl (C=O) groups excluding carboxylic acids is 3. The van der Waals surface area contributed by atoms with E-state index in [9.17, 15) is 14.4 Å². The van der Waals surface area contributed by atoms with Crippen LogP contribution in [0, 0.1) is 16.7 Å². The van der Waals surface area contributed by atoms with Gasteiger partial charge in [-0.2, -0.15) is 5.26 Å². The van der Waals surface area contributed by atoms with E-state index in [2.05, 4.69) is 0 Å². The first-order chi connectivity index (χ1) is 10.4. The first-order valence-electron chi connectivity index (χ1n) is 7.30. The van der Waals surface area contributed by atoms with Gasteiger partial charge in [0.25, 0.3) is 0 Å². The van der Waals surface area contributed by atoms with Crippen LogP contribution < -0.4 is 0 Å². The zero-order chi connectivity index (χ0) is 16.1. The summed E-state index contributed by atoms with van der Waals surface area (Å²) in [6.45, 7) is 3.71. The van der Waals surface area contributed by atoms with Crippen LogP contribution in [0.4, 0.5) is 0 Å². The molecule has 1 aromatic rings. The SMILES string of the molecule is CC1(C)C(=O)c2cc(C#N)ccc2C(N2CCCC2=O)C1=O. The number of rotatable bonds is 1. The van der Waals surface area contributed by atoms with Crippen LogP contribution in [0.2, 0.25) is 0 Å². The monoisotopic (exact) mass is 296 g/mol. The van der Waals surface area contributed by atoms with Crippen LogP contribution in [0.5, 0.6) is 0 Å². The van der Waals surface area contributed by atoms with Gasteiger partial charge in [0.2, 0.25) is 5.91 Å². The minimum absolute atomic E-state index is 0.0567. The summed E-state index contributed by atoms with van der Waals surface area (Å²) >= 11 is 0. The van der Waals surface area contributed by atoms with E-state index in [-0.39, 0.29) is 17.5 Å². The van der Waals surface area contributed by atoms with Crippen molar-refractivity contribution in [3.05, 3.63) is 34.9 Å². The molecule has 1 aliphatic carbocycles. The molecule has 1 aromatic carbocycles. The molecule has 1 saturated heterocycles. The number of Topliss-reactive ketones (excluding diaryl/α,β-unsaturated/α-hetero) is 2. The third-order valence-corrected chi connectivity index (χ3v) is 4.58. The van der Waals surface area contributed by atoms with E-state index < -0.39 is 11.5 Å². The quantitative estimate of drug-likeness (QED) is 0.743. The number of benzene rings is 1. The molecule has 1 fully saturated rings. The minimum atomic E-state index is -1.19. The van der Waals surface area contributed by atoms with Crippen molar-refractivity contribution >= 4 is 17.5 Å². The first kappa shape index (κ1) is 14.5. The van der Waals surface area contributed by atoms with Gasteiger partial charge in [-0.25, -0.2) is 0 Å². The Balaban J connectivity index is 2.21. The predicted molar refractivity (Wildman–Crippen MR) is 78.0 cm³/mol. The summed E-state index contributed by atoms with van der Waals surface area (Å²) in [4.78, 5) is 39.1. The molecule has 1 amide bonds. The van der Waals surface area contributed by atoms with Crippen LogP contribution in [0.1, 0.15) is 54.2 Å². The lowest BCUT2D eigenvalue weighted by molar-refractivity contribution is -0.140. The number of amides is 1. The van der Waals surface area contributed by atoms with Gasteiger partial charge in [0, 0.05) is 18.5 Å². The largest absolute Gasteiger partial charge is 0.328 e. The van der Waals surface area contributed by atoms with Crippen LogP contribution in [-0.4, -0.2) is 28.9 Å². The van der Waals surface area contributed by atoms with Gasteiger partial charge in [-0.3, -0.25) is 14.4 Å². The van der Waals surface area contributed by atoms with Crippen molar-refractivity contribution in [3.63, 3.8) is 0 Å². The van der Waals surface area contributed by atoms with E-state index in [4.69, 9.17) is 5.26 Å². The fraction of sp³-hybridized carbons (Fsp3) is 0.412. The zero-order valence-corrected chi connectivity index (χ0v) is 12.5.